The van der Waals surface area contributed by atoms with Crippen LogP contribution in [-0.2, 0) is 9.53 Å². The van der Waals surface area contributed by atoms with Gasteiger partial charge in [0.05, 0.1) is 12.7 Å². The third-order valence-corrected chi connectivity index (χ3v) is 2.60. The monoisotopic (exact) mass is 232 g/mol. The SMILES string of the molecule is CCOC(=O)C(C#N)c1cc(C)c(N)c(C)c1. The molecule has 0 fully saturated rings. The predicted octanol–water partition coefficient (Wildman–Crippen LogP) is 2.06. The number of hydrogen-bond donors (Lipinski definition) is 1. The highest BCUT2D eigenvalue weighted by Crippen LogP contribution is 2.24. The average molecular weight is 232 g/mol. The van der Waals surface area contributed by atoms with Gasteiger partial charge in [-0.05, 0) is 37.5 Å². The highest BCUT2D eigenvalue weighted by Gasteiger charge is 2.22. The summed E-state index contributed by atoms with van der Waals surface area (Å²) in [6, 6.07) is 5.48. The van der Waals surface area contributed by atoms with E-state index < -0.39 is 11.9 Å². The van der Waals surface area contributed by atoms with E-state index in [2.05, 4.69) is 0 Å². The van der Waals surface area contributed by atoms with Crippen LogP contribution < -0.4 is 5.73 Å². The number of nitriles is 1. The van der Waals surface area contributed by atoms with E-state index in [0.29, 0.717) is 11.3 Å². The molecule has 0 aliphatic carbocycles. The minimum Gasteiger partial charge on any atom is -0.465 e. The molecule has 0 saturated heterocycles. The minimum absolute atomic E-state index is 0.268. The van der Waals surface area contributed by atoms with Crippen LogP contribution in [0.4, 0.5) is 5.69 Å². The lowest BCUT2D eigenvalue weighted by Crippen LogP contribution is -2.15. The molecule has 1 aromatic carbocycles. The second kappa shape index (κ2) is 5.35. The third-order valence-electron chi connectivity index (χ3n) is 2.60. The summed E-state index contributed by atoms with van der Waals surface area (Å²) in [5.74, 6) is -1.40. The van der Waals surface area contributed by atoms with Crippen LogP contribution in [0, 0.1) is 25.2 Å². The molecule has 4 nitrogen and oxygen atoms in total. The van der Waals surface area contributed by atoms with Gasteiger partial charge in [0, 0.05) is 5.69 Å². The lowest BCUT2D eigenvalue weighted by molar-refractivity contribution is -0.143. The first kappa shape index (κ1) is 13.0. The Morgan fingerprint density at radius 1 is 1.47 bits per heavy atom. The number of esters is 1. The van der Waals surface area contributed by atoms with E-state index in [0.717, 1.165) is 11.1 Å². The van der Waals surface area contributed by atoms with Gasteiger partial charge in [0.15, 0.2) is 5.92 Å². The van der Waals surface area contributed by atoms with Crippen molar-refractivity contribution in [2.75, 3.05) is 12.3 Å². The Bertz CT molecular complexity index is 452. The quantitative estimate of drug-likeness (QED) is 0.639. The summed E-state index contributed by atoms with van der Waals surface area (Å²) in [5.41, 5.74) is 8.88. The maximum absolute atomic E-state index is 11.6. The second-order valence-corrected chi connectivity index (χ2v) is 3.88. The fourth-order valence-corrected chi connectivity index (χ4v) is 1.66. The molecule has 1 aromatic rings. The van der Waals surface area contributed by atoms with Gasteiger partial charge in [-0.25, -0.2) is 0 Å². The van der Waals surface area contributed by atoms with Crippen molar-refractivity contribution in [2.45, 2.75) is 26.7 Å². The number of benzene rings is 1. The molecule has 1 rings (SSSR count). The van der Waals surface area contributed by atoms with Gasteiger partial charge < -0.3 is 10.5 Å². The van der Waals surface area contributed by atoms with Crippen LogP contribution in [0.1, 0.15) is 29.5 Å². The summed E-state index contributed by atoms with van der Waals surface area (Å²) in [4.78, 5) is 11.6. The Hall–Kier alpha value is -2.02. The molecule has 1 unspecified atom stereocenters. The maximum atomic E-state index is 11.6. The zero-order chi connectivity index (χ0) is 13.0. The summed E-state index contributed by atoms with van der Waals surface area (Å²) >= 11 is 0. The zero-order valence-electron chi connectivity index (χ0n) is 10.3. The number of aryl methyl sites for hydroxylation is 2. The number of ether oxygens (including phenoxy) is 1. The molecule has 0 saturated carbocycles. The van der Waals surface area contributed by atoms with Gasteiger partial charge in [0.2, 0.25) is 0 Å². The van der Waals surface area contributed by atoms with E-state index in [1.165, 1.54) is 0 Å². The van der Waals surface area contributed by atoms with Crippen LogP contribution in [0.3, 0.4) is 0 Å². The van der Waals surface area contributed by atoms with Gasteiger partial charge in [-0.2, -0.15) is 5.26 Å². The molecule has 0 radical (unpaired) electrons. The van der Waals surface area contributed by atoms with Crippen LogP contribution in [0.25, 0.3) is 0 Å². The van der Waals surface area contributed by atoms with E-state index in [4.69, 9.17) is 15.7 Å². The van der Waals surface area contributed by atoms with Crippen LogP contribution in [0.2, 0.25) is 0 Å². The molecule has 1 atom stereocenters. The van der Waals surface area contributed by atoms with E-state index in [9.17, 15) is 4.79 Å². The molecule has 0 heterocycles. The van der Waals surface area contributed by atoms with Crippen molar-refractivity contribution in [2.24, 2.45) is 0 Å². The lowest BCUT2D eigenvalue weighted by atomic mass is 9.95. The van der Waals surface area contributed by atoms with Crippen molar-refractivity contribution in [1.82, 2.24) is 0 Å². The van der Waals surface area contributed by atoms with Crippen molar-refractivity contribution in [3.05, 3.63) is 28.8 Å². The molecule has 0 bridgehead atoms. The van der Waals surface area contributed by atoms with Crippen LogP contribution in [0.5, 0.6) is 0 Å². The van der Waals surface area contributed by atoms with Gasteiger partial charge in [-0.3, -0.25) is 4.79 Å². The van der Waals surface area contributed by atoms with Crippen LogP contribution >= 0.6 is 0 Å². The number of anilines is 1. The standard InChI is InChI=1S/C13H16N2O2/c1-4-17-13(16)11(7-14)10-5-8(2)12(15)9(3)6-10/h5-6,11H,4,15H2,1-3H3. The van der Waals surface area contributed by atoms with Crippen molar-refractivity contribution in [1.29, 1.82) is 5.26 Å². The number of nitrogen functional groups attached to an aromatic ring is 1. The molecule has 90 valence electrons. The number of carbonyl (C=O) groups is 1. The fourth-order valence-electron chi connectivity index (χ4n) is 1.66. The Balaban J connectivity index is 3.14. The Labute approximate surface area is 101 Å². The van der Waals surface area contributed by atoms with Crippen molar-refractivity contribution in [3.8, 4) is 6.07 Å². The molecule has 0 aliphatic rings. The number of rotatable bonds is 3. The van der Waals surface area contributed by atoms with E-state index in [1.807, 2.05) is 19.9 Å². The Morgan fingerprint density at radius 2 is 2.00 bits per heavy atom. The molecular weight excluding hydrogens is 216 g/mol. The first-order chi connectivity index (χ1) is 8.01. The first-order valence-corrected chi connectivity index (χ1v) is 5.44. The number of nitrogens with two attached hydrogens (primary N) is 1. The smallest absolute Gasteiger partial charge is 0.327 e. The summed E-state index contributed by atoms with van der Waals surface area (Å²) < 4.78 is 4.87. The highest BCUT2D eigenvalue weighted by atomic mass is 16.5. The fraction of sp³-hybridized carbons (Fsp3) is 0.385. The number of nitrogens with zero attached hydrogens (tertiary/aromatic N) is 1. The van der Waals surface area contributed by atoms with E-state index in [1.54, 1.807) is 19.1 Å². The molecule has 0 amide bonds. The summed E-state index contributed by atoms with van der Waals surface area (Å²) in [6.07, 6.45) is 0. The molecule has 0 aliphatic heterocycles. The van der Waals surface area contributed by atoms with Crippen molar-refractivity contribution < 1.29 is 9.53 Å². The topological polar surface area (TPSA) is 76.1 Å². The van der Waals surface area contributed by atoms with Gasteiger partial charge >= 0.3 is 5.97 Å². The summed E-state index contributed by atoms with van der Waals surface area (Å²) in [5, 5.41) is 9.05. The molecule has 4 heteroatoms. The van der Waals surface area contributed by atoms with Gasteiger partial charge in [0.1, 0.15) is 0 Å². The highest BCUT2D eigenvalue weighted by molar-refractivity contribution is 5.81. The maximum Gasteiger partial charge on any atom is 0.327 e. The normalized spacial score (nSPS) is 11.6. The molecule has 2 N–H and O–H groups in total. The van der Waals surface area contributed by atoms with Crippen LogP contribution in [0.15, 0.2) is 12.1 Å². The second-order valence-electron chi connectivity index (χ2n) is 3.88. The van der Waals surface area contributed by atoms with E-state index >= 15 is 0 Å². The number of carbonyl (C=O) groups excluding carboxylic acids is 1. The van der Waals surface area contributed by atoms with E-state index in [-0.39, 0.29) is 6.61 Å². The van der Waals surface area contributed by atoms with Gasteiger partial charge in [0.25, 0.3) is 0 Å². The Kier molecular flexibility index (Phi) is 4.11. The lowest BCUT2D eigenvalue weighted by Gasteiger charge is -2.12. The summed E-state index contributed by atoms with van der Waals surface area (Å²) in [7, 11) is 0. The van der Waals surface area contributed by atoms with Crippen molar-refractivity contribution >= 4 is 11.7 Å². The minimum atomic E-state index is -0.882. The van der Waals surface area contributed by atoms with Gasteiger partial charge in [-0.15, -0.1) is 0 Å². The Morgan fingerprint density at radius 3 is 2.41 bits per heavy atom. The molecule has 0 spiro atoms. The third kappa shape index (κ3) is 2.76. The van der Waals surface area contributed by atoms with Gasteiger partial charge in [-0.1, -0.05) is 12.1 Å². The number of hydrogen-bond acceptors (Lipinski definition) is 4. The molecular formula is C13H16N2O2. The first-order valence-electron chi connectivity index (χ1n) is 5.44. The summed E-state index contributed by atoms with van der Waals surface area (Å²) in [6.45, 7) is 5.69. The molecule has 0 aromatic heterocycles. The molecule has 17 heavy (non-hydrogen) atoms. The average Bonchev–Trinajstić information content (AvgIpc) is 2.27. The van der Waals surface area contributed by atoms with Crippen LogP contribution in [-0.4, -0.2) is 12.6 Å². The predicted molar refractivity (Wildman–Crippen MR) is 65.3 cm³/mol. The van der Waals surface area contributed by atoms with Crippen molar-refractivity contribution in [3.63, 3.8) is 0 Å². The largest absolute Gasteiger partial charge is 0.465 e. The zero-order valence-corrected chi connectivity index (χ0v) is 10.3.